The summed E-state index contributed by atoms with van der Waals surface area (Å²) in [7, 11) is 0. The van der Waals surface area contributed by atoms with E-state index < -0.39 is 0 Å². The minimum atomic E-state index is 0.140. The van der Waals surface area contributed by atoms with Crippen molar-refractivity contribution in [2.45, 2.75) is 19.3 Å². The number of hydrogen-bond donors (Lipinski definition) is 1. The molecule has 0 aromatic heterocycles. The number of anilines is 1. The highest BCUT2D eigenvalue weighted by Gasteiger charge is 2.15. The summed E-state index contributed by atoms with van der Waals surface area (Å²) in [4.78, 5) is 13.8. The molecule has 1 heterocycles. The molecule has 18 heavy (non-hydrogen) atoms. The Morgan fingerprint density at radius 1 is 1.17 bits per heavy atom. The molecule has 98 valence electrons. The Hall–Kier alpha value is -0.930. The van der Waals surface area contributed by atoms with Crippen molar-refractivity contribution in [3.05, 3.63) is 28.2 Å². The number of carbonyl (C=O) groups excluding carboxylic acids is 1. The number of amides is 1. The summed E-state index contributed by atoms with van der Waals surface area (Å²) < 4.78 is 0. The van der Waals surface area contributed by atoms with Crippen LogP contribution in [0.4, 0.5) is 5.69 Å². The average Bonchev–Trinajstić information content (AvgIpc) is 2.41. The van der Waals surface area contributed by atoms with Crippen molar-refractivity contribution < 1.29 is 4.79 Å². The van der Waals surface area contributed by atoms with E-state index in [-0.39, 0.29) is 5.91 Å². The Bertz CT molecular complexity index is 431. The number of rotatable bonds is 3. The average molecular weight is 287 g/mol. The second-order valence-electron chi connectivity index (χ2n) is 4.42. The van der Waals surface area contributed by atoms with Gasteiger partial charge < -0.3 is 10.2 Å². The van der Waals surface area contributed by atoms with E-state index in [4.69, 9.17) is 23.2 Å². The van der Waals surface area contributed by atoms with Crippen LogP contribution in [0.2, 0.25) is 10.0 Å². The van der Waals surface area contributed by atoms with Gasteiger partial charge in [0.05, 0.1) is 16.6 Å². The normalized spacial score (nSPS) is 15.6. The van der Waals surface area contributed by atoms with Crippen molar-refractivity contribution >= 4 is 34.8 Å². The third-order valence-corrected chi connectivity index (χ3v) is 3.81. The summed E-state index contributed by atoms with van der Waals surface area (Å²) in [6.45, 7) is 2.06. The maximum atomic E-state index is 11.9. The first kappa shape index (κ1) is 13.5. The predicted octanol–water partition coefficient (Wildman–Crippen LogP) is 3.42. The third-order valence-electron chi connectivity index (χ3n) is 3.07. The van der Waals surface area contributed by atoms with Crippen molar-refractivity contribution in [2.24, 2.45) is 0 Å². The first-order valence-electron chi connectivity index (χ1n) is 6.13. The molecule has 5 heteroatoms. The SMILES string of the molecule is O=C(CNc1ccc(Cl)c(Cl)c1)N1CCCCC1. The predicted molar refractivity (Wildman–Crippen MR) is 75.4 cm³/mol. The number of halogens is 2. The van der Waals surface area contributed by atoms with Gasteiger partial charge in [0.25, 0.3) is 0 Å². The van der Waals surface area contributed by atoms with Gasteiger partial charge in [0.15, 0.2) is 0 Å². The number of nitrogens with one attached hydrogen (secondary N) is 1. The lowest BCUT2D eigenvalue weighted by Gasteiger charge is -2.26. The lowest BCUT2D eigenvalue weighted by Crippen LogP contribution is -2.39. The minimum Gasteiger partial charge on any atom is -0.376 e. The highest BCUT2D eigenvalue weighted by molar-refractivity contribution is 6.42. The van der Waals surface area contributed by atoms with Crippen molar-refractivity contribution in [2.75, 3.05) is 25.0 Å². The summed E-state index contributed by atoms with van der Waals surface area (Å²) in [6.07, 6.45) is 3.45. The summed E-state index contributed by atoms with van der Waals surface area (Å²) in [5.41, 5.74) is 0.815. The molecular formula is C13H16Cl2N2O. The van der Waals surface area contributed by atoms with Crippen LogP contribution in [0.3, 0.4) is 0 Å². The van der Waals surface area contributed by atoms with E-state index in [9.17, 15) is 4.79 Å². The minimum absolute atomic E-state index is 0.140. The highest BCUT2D eigenvalue weighted by Crippen LogP contribution is 2.24. The first-order valence-corrected chi connectivity index (χ1v) is 6.89. The van der Waals surface area contributed by atoms with E-state index in [0.29, 0.717) is 16.6 Å². The van der Waals surface area contributed by atoms with E-state index in [1.807, 2.05) is 11.0 Å². The fourth-order valence-corrected chi connectivity index (χ4v) is 2.34. The topological polar surface area (TPSA) is 32.3 Å². The number of hydrogen-bond acceptors (Lipinski definition) is 2. The van der Waals surface area contributed by atoms with E-state index in [2.05, 4.69) is 5.32 Å². The van der Waals surface area contributed by atoms with Crippen molar-refractivity contribution in [3.63, 3.8) is 0 Å². The van der Waals surface area contributed by atoms with Gasteiger partial charge in [-0.1, -0.05) is 23.2 Å². The summed E-state index contributed by atoms with van der Waals surface area (Å²) in [6, 6.07) is 5.27. The number of piperidine rings is 1. The quantitative estimate of drug-likeness (QED) is 0.924. The monoisotopic (exact) mass is 286 g/mol. The van der Waals surface area contributed by atoms with Crippen LogP contribution in [-0.4, -0.2) is 30.4 Å². The molecule has 1 N–H and O–H groups in total. The molecule has 1 fully saturated rings. The zero-order valence-corrected chi connectivity index (χ0v) is 11.6. The van der Waals surface area contributed by atoms with Gasteiger partial charge in [0, 0.05) is 18.8 Å². The van der Waals surface area contributed by atoms with Gasteiger partial charge in [-0.2, -0.15) is 0 Å². The molecule has 0 atom stereocenters. The van der Waals surface area contributed by atoms with Crippen LogP contribution in [0.1, 0.15) is 19.3 Å². The molecule has 1 aromatic carbocycles. The third kappa shape index (κ3) is 3.53. The molecule has 1 aliphatic rings. The van der Waals surface area contributed by atoms with Crippen molar-refractivity contribution in [1.82, 2.24) is 4.90 Å². The number of likely N-dealkylation sites (tertiary alicyclic amines) is 1. The first-order chi connectivity index (χ1) is 8.66. The molecule has 1 aromatic rings. The van der Waals surface area contributed by atoms with Gasteiger partial charge in [-0.05, 0) is 37.5 Å². The van der Waals surface area contributed by atoms with Gasteiger partial charge in [-0.25, -0.2) is 0 Å². The van der Waals surface area contributed by atoms with E-state index in [0.717, 1.165) is 31.6 Å². The maximum absolute atomic E-state index is 11.9. The molecule has 0 aliphatic carbocycles. The van der Waals surface area contributed by atoms with Crippen molar-refractivity contribution in [3.8, 4) is 0 Å². The maximum Gasteiger partial charge on any atom is 0.241 e. The van der Waals surface area contributed by atoms with E-state index in [1.54, 1.807) is 12.1 Å². The van der Waals surface area contributed by atoms with Gasteiger partial charge in [0.2, 0.25) is 5.91 Å². The van der Waals surface area contributed by atoms with Gasteiger partial charge in [-0.3, -0.25) is 4.79 Å². The Morgan fingerprint density at radius 3 is 2.56 bits per heavy atom. The molecule has 1 amide bonds. The fraction of sp³-hybridized carbons (Fsp3) is 0.462. The summed E-state index contributed by atoms with van der Waals surface area (Å²) >= 11 is 11.7. The summed E-state index contributed by atoms with van der Waals surface area (Å²) in [5.74, 6) is 0.140. The van der Waals surface area contributed by atoms with Gasteiger partial charge in [-0.15, -0.1) is 0 Å². The zero-order chi connectivity index (χ0) is 13.0. The molecule has 0 spiro atoms. The van der Waals surface area contributed by atoms with Crippen LogP contribution in [-0.2, 0) is 4.79 Å². The molecule has 0 saturated carbocycles. The Kier molecular flexibility index (Phi) is 4.72. The molecule has 0 bridgehead atoms. The lowest BCUT2D eigenvalue weighted by atomic mass is 10.1. The lowest BCUT2D eigenvalue weighted by molar-refractivity contribution is -0.130. The highest BCUT2D eigenvalue weighted by atomic mass is 35.5. The van der Waals surface area contributed by atoms with Crippen LogP contribution < -0.4 is 5.32 Å². The fourth-order valence-electron chi connectivity index (χ4n) is 2.04. The van der Waals surface area contributed by atoms with Gasteiger partial charge in [0.1, 0.15) is 0 Å². The second kappa shape index (κ2) is 6.30. The van der Waals surface area contributed by atoms with E-state index >= 15 is 0 Å². The molecule has 1 saturated heterocycles. The molecule has 1 aliphatic heterocycles. The Balaban J connectivity index is 1.86. The molecule has 2 rings (SSSR count). The standard InChI is InChI=1S/C13H16Cl2N2O/c14-11-5-4-10(8-12(11)15)16-9-13(18)17-6-2-1-3-7-17/h4-5,8,16H,1-3,6-7,9H2. The second-order valence-corrected chi connectivity index (χ2v) is 5.24. The zero-order valence-electron chi connectivity index (χ0n) is 10.1. The van der Waals surface area contributed by atoms with Crippen LogP contribution in [0.15, 0.2) is 18.2 Å². The molecular weight excluding hydrogens is 271 g/mol. The van der Waals surface area contributed by atoms with Crippen LogP contribution >= 0.6 is 23.2 Å². The Morgan fingerprint density at radius 2 is 1.89 bits per heavy atom. The molecule has 0 unspecified atom stereocenters. The molecule has 0 radical (unpaired) electrons. The van der Waals surface area contributed by atoms with Gasteiger partial charge >= 0.3 is 0 Å². The van der Waals surface area contributed by atoms with Crippen LogP contribution in [0, 0.1) is 0 Å². The number of benzene rings is 1. The van der Waals surface area contributed by atoms with E-state index in [1.165, 1.54) is 6.42 Å². The molecule has 3 nitrogen and oxygen atoms in total. The van der Waals surface area contributed by atoms with Crippen molar-refractivity contribution in [1.29, 1.82) is 0 Å². The van der Waals surface area contributed by atoms with Crippen LogP contribution in [0.5, 0.6) is 0 Å². The smallest absolute Gasteiger partial charge is 0.241 e. The van der Waals surface area contributed by atoms with Crippen LogP contribution in [0.25, 0.3) is 0 Å². The number of carbonyl (C=O) groups is 1. The number of nitrogens with zero attached hydrogens (tertiary/aromatic N) is 1. The summed E-state index contributed by atoms with van der Waals surface area (Å²) in [5, 5.41) is 4.09. The Labute approximate surface area is 117 Å². The largest absolute Gasteiger partial charge is 0.376 e.